The van der Waals surface area contributed by atoms with Gasteiger partial charge in [0, 0.05) is 6.54 Å². The Bertz CT molecular complexity index is 1310. The summed E-state index contributed by atoms with van der Waals surface area (Å²) in [7, 11) is 0. The first kappa shape index (κ1) is 23.2. The summed E-state index contributed by atoms with van der Waals surface area (Å²) in [6.45, 7) is 6.63. The first-order valence-corrected chi connectivity index (χ1v) is 12.1. The van der Waals surface area contributed by atoms with Crippen LogP contribution >= 0.6 is 0 Å². The van der Waals surface area contributed by atoms with Crippen LogP contribution in [0.4, 0.5) is 10.5 Å². The maximum Gasteiger partial charge on any atom is 0.415 e. The zero-order chi connectivity index (χ0) is 24.8. The molecule has 3 aromatic rings. The summed E-state index contributed by atoms with van der Waals surface area (Å²) in [6.07, 6.45) is 9.09. The standard InChI is InChI=1S/C26H30N6O3/c1-4-25(15-31-17-30-20-7-6-18(11-27)10-21(20)31)8-5-9-26(14-25)16-32(23(33)35-26)19-12-28-22(29-13-19)24(2,3)34/h6-7,10,12-13,17,34H,4-5,8-9,14-16H2,1-3H3. The van der Waals surface area contributed by atoms with Crippen LogP contribution in [-0.2, 0) is 16.9 Å². The molecule has 1 aromatic carbocycles. The number of amides is 1. The number of hydrogen-bond donors (Lipinski definition) is 1. The Morgan fingerprint density at radius 1 is 1.23 bits per heavy atom. The van der Waals surface area contributed by atoms with Gasteiger partial charge < -0.3 is 14.4 Å². The van der Waals surface area contributed by atoms with Gasteiger partial charge in [0.05, 0.1) is 53.6 Å². The molecule has 1 N–H and O–H groups in total. The summed E-state index contributed by atoms with van der Waals surface area (Å²) >= 11 is 0. The molecule has 182 valence electrons. The molecule has 2 unspecified atom stereocenters. The number of carbonyl (C=O) groups is 1. The van der Waals surface area contributed by atoms with Gasteiger partial charge in [-0.05, 0) is 69.6 Å². The molecule has 9 nitrogen and oxygen atoms in total. The Hall–Kier alpha value is -3.51. The van der Waals surface area contributed by atoms with Crippen molar-refractivity contribution in [2.75, 3.05) is 11.4 Å². The number of benzene rings is 1. The van der Waals surface area contributed by atoms with Crippen LogP contribution < -0.4 is 4.90 Å². The van der Waals surface area contributed by atoms with Gasteiger partial charge >= 0.3 is 6.09 Å². The minimum Gasteiger partial charge on any atom is -0.441 e. The highest BCUT2D eigenvalue weighted by atomic mass is 16.6. The van der Waals surface area contributed by atoms with Gasteiger partial charge in [-0.15, -0.1) is 0 Å². The Balaban J connectivity index is 1.39. The van der Waals surface area contributed by atoms with Gasteiger partial charge in [0.1, 0.15) is 11.2 Å². The zero-order valence-electron chi connectivity index (χ0n) is 20.4. The molecule has 2 atom stereocenters. The molecule has 2 aliphatic rings. The number of hydrogen-bond acceptors (Lipinski definition) is 7. The summed E-state index contributed by atoms with van der Waals surface area (Å²) in [6, 6.07) is 7.77. The number of aromatic nitrogens is 4. The van der Waals surface area contributed by atoms with Crippen molar-refractivity contribution in [3.8, 4) is 6.07 Å². The van der Waals surface area contributed by atoms with Gasteiger partial charge in [-0.2, -0.15) is 5.26 Å². The molecule has 0 radical (unpaired) electrons. The smallest absolute Gasteiger partial charge is 0.415 e. The maximum absolute atomic E-state index is 12.9. The van der Waals surface area contributed by atoms with E-state index in [0.29, 0.717) is 23.6 Å². The largest absolute Gasteiger partial charge is 0.441 e. The minimum atomic E-state index is -1.15. The van der Waals surface area contributed by atoms with E-state index in [4.69, 9.17) is 4.74 Å². The lowest BCUT2D eigenvalue weighted by Gasteiger charge is -2.45. The minimum absolute atomic E-state index is 0.0634. The lowest BCUT2D eigenvalue weighted by Crippen LogP contribution is -2.46. The van der Waals surface area contributed by atoms with E-state index in [1.165, 1.54) is 0 Å². The summed E-state index contributed by atoms with van der Waals surface area (Å²) in [5, 5.41) is 19.5. The molecule has 5 rings (SSSR count). The van der Waals surface area contributed by atoms with Crippen molar-refractivity contribution in [2.24, 2.45) is 5.41 Å². The van der Waals surface area contributed by atoms with Gasteiger partial charge in [-0.25, -0.2) is 19.7 Å². The highest BCUT2D eigenvalue weighted by molar-refractivity contribution is 5.90. The van der Waals surface area contributed by atoms with Gasteiger partial charge in [0.25, 0.3) is 0 Å². The molecule has 1 amide bonds. The van der Waals surface area contributed by atoms with E-state index in [2.05, 4.69) is 32.5 Å². The molecule has 0 bridgehead atoms. The highest BCUT2D eigenvalue weighted by Gasteiger charge is 2.52. The molecule has 9 heteroatoms. The second-order valence-corrected chi connectivity index (χ2v) is 10.5. The van der Waals surface area contributed by atoms with Crippen LogP contribution in [0.2, 0.25) is 0 Å². The molecular formula is C26H30N6O3. The zero-order valence-corrected chi connectivity index (χ0v) is 20.4. The van der Waals surface area contributed by atoms with Crippen LogP contribution in [0.1, 0.15) is 64.3 Å². The Morgan fingerprint density at radius 2 is 2.00 bits per heavy atom. The number of aliphatic hydroxyl groups is 1. The van der Waals surface area contributed by atoms with E-state index in [1.807, 2.05) is 18.5 Å². The first-order valence-electron chi connectivity index (χ1n) is 12.1. The number of fused-ring (bicyclic) bond motifs is 1. The van der Waals surface area contributed by atoms with E-state index < -0.39 is 11.2 Å². The molecule has 1 saturated heterocycles. The third-order valence-corrected chi connectivity index (χ3v) is 7.51. The second kappa shape index (κ2) is 8.31. The van der Waals surface area contributed by atoms with Crippen molar-refractivity contribution in [3.63, 3.8) is 0 Å². The molecular weight excluding hydrogens is 444 g/mol. The van der Waals surface area contributed by atoms with Crippen LogP contribution in [0.3, 0.4) is 0 Å². The summed E-state index contributed by atoms with van der Waals surface area (Å²) in [5.41, 5.74) is 1.21. The third kappa shape index (κ3) is 4.23. The third-order valence-electron chi connectivity index (χ3n) is 7.51. The molecule has 3 heterocycles. The van der Waals surface area contributed by atoms with Gasteiger partial charge in [0.15, 0.2) is 5.82 Å². The highest BCUT2D eigenvalue weighted by Crippen LogP contribution is 2.49. The normalized spacial score (nSPS) is 24.7. The molecule has 2 fully saturated rings. The average molecular weight is 475 g/mol. The number of nitrogens with zero attached hydrogens (tertiary/aromatic N) is 6. The number of anilines is 1. The monoisotopic (exact) mass is 474 g/mol. The molecule has 35 heavy (non-hydrogen) atoms. The van der Waals surface area contributed by atoms with E-state index in [9.17, 15) is 15.2 Å². The van der Waals surface area contributed by atoms with Crippen LogP contribution in [0.15, 0.2) is 36.9 Å². The number of imidazole rings is 1. The van der Waals surface area contributed by atoms with Crippen molar-refractivity contribution < 1.29 is 14.6 Å². The van der Waals surface area contributed by atoms with E-state index in [0.717, 1.165) is 49.7 Å². The van der Waals surface area contributed by atoms with Crippen molar-refractivity contribution >= 4 is 22.8 Å². The molecule has 1 saturated carbocycles. The van der Waals surface area contributed by atoms with Gasteiger partial charge in [-0.1, -0.05) is 6.92 Å². The predicted molar refractivity (Wildman–Crippen MR) is 129 cm³/mol. The molecule has 1 aliphatic carbocycles. The topological polar surface area (TPSA) is 117 Å². The Labute approximate surface area is 204 Å². The number of carbonyl (C=O) groups excluding carboxylic acids is 1. The quantitative estimate of drug-likeness (QED) is 0.586. The fourth-order valence-corrected chi connectivity index (χ4v) is 5.63. The van der Waals surface area contributed by atoms with E-state index in [1.54, 1.807) is 37.2 Å². The molecule has 1 spiro atoms. The van der Waals surface area contributed by atoms with Crippen LogP contribution in [0.5, 0.6) is 0 Å². The SMILES string of the molecule is CCC1(Cn2cnc3ccc(C#N)cc32)CCCC2(CN(c3cnc(C(C)(C)O)nc3)C(=O)O2)C1. The van der Waals surface area contributed by atoms with Crippen molar-refractivity contribution in [2.45, 2.75) is 70.6 Å². The summed E-state index contributed by atoms with van der Waals surface area (Å²) in [4.78, 5) is 27.6. The molecule has 2 aromatic heterocycles. The fraction of sp³-hybridized carbons (Fsp3) is 0.500. The number of rotatable bonds is 5. The lowest BCUT2D eigenvalue weighted by molar-refractivity contribution is -0.0348. The number of nitriles is 1. The van der Waals surface area contributed by atoms with Crippen molar-refractivity contribution in [1.29, 1.82) is 5.26 Å². The van der Waals surface area contributed by atoms with Crippen molar-refractivity contribution in [3.05, 3.63) is 48.3 Å². The predicted octanol–water partition coefficient (Wildman–Crippen LogP) is 4.29. The van der Waals surface area contributed by atoms with Gasteiger partial charge in [-0.3, -0.25) is 4.90 Å². The first-order chi connectivity index (χ1) is 16.7. The lowest BCUT2D eigenvalue weighted by atomic mass is 9.66. The van der Waals surface area contributed by atoms with E-state index >= 15 is 0 Å². The average Bonchev–Trinajstić information content (AvgIpc) is 3.38. The van der Waals surface area contributed by atoms with E-state index in [-0.39, 0.29) is 11.5 Å². The summed E-state index contributed by atoms with van der Waals surface area (Å²) in [5.74, 6) is 0.304. The van der Waals surface area contributed by atoms with Crippen LogP contribution in [-0.4, -0.2) is 42.9 Å². The summed E-state index contributed by atoms with van der Waals surface area (Å²) < 4.78 is 8.20. The fourth-order valence-electron chi connectivity index (χ4n) is 5.63. The van der Waals surface area contributed by atoms with Crippen molar-refractivity contribution in [1.82, 2.24) is 19.5 Å². The second-order valence-electron chi connectivity index (χ2n) is 10.5. The van der Waals surface area contributed by atoms with Crippen LogP contribution in [0, 0.1) is 16.7 Å². The Kier molecular flexibility index (Phi) is 5.52. The van der Waals surface area contributed by atoms with Crippen LogP contribution in [0.25, 0.3) is 11.0 Å². The Morgan fingerprint density at radius 3 is 2.69 bits per heavy atom. The number of ether oxygens (including phenoxy) is 1. The van der Waals surface area contributed by atoms with Gasteiger partial charge in [0.2, 0.25) is 0 Å². The maximum atomic E-state index is 12.9. The molecule has 1 aliphatic heterocycles.